The number of aromatic hydroxyl groups is 1. The monoisotopic (exact) mass is 422 g/mol. The number of nitrogens with zero attached hydrogens (tertiary/aromatic N) is 1. The summed E-state index contributed by atoms with van der Waals surface area (Å²) >= 11 is 0. The van der Waals surface area contributed by atoms with Gasteiger partial charge in [-0.15, -0.1) is 0 Å². The molecule has 0 bridgehead atoms. The third-order valence-electron chi connectivity index (χ3n) is 4.77. The summed E-state index contributed by atoms with van der Waals surface area (Å²) < 4.78 is 10.2. The third kappa shape index (κ3) is 5.11. The van der Waals surface area contributed by atoms with Gasteiger partial charge in [0.2, 0.25) is 0 Å². The average Bonchev–Trinajstić information content (AvgIpc) is 2.79. The van der Waals surface area contributed by atoms with Crippen molar-refractivity contribution < 1.29 is 29.0 Å². The molecule has 0 aromatic heterocycles. The second kappa shape index (κ2) is 9.62. The molecule has 0 saturated heterocycles. The number of hydrogen-bond donors (Lipinski definition) is 2. The number of esters is 2. The lowest BCUT2D eigenvalue weighted by Gasteiger charge is -2.34. The van der Waals surface area contributed by atoms with E-state index in [1.807, 2.05) is 6.07 Å². The minimum atomic E-state index is -0.737. The summed E-state index contributed by atoms with van der Waals surface area (Å²) in [6.07, 6.45) is 2.75. The number of phenolic OH excluding ortho intramolecular Hbond substituents is 1. The minimum Gasteiger partial charge on any atom is -0.508 e. The van der Waals surface area contributed by atoms with Crippen LogP contribution in [-0.4, -0.2) is 48.7 Å². The quantitative estimate of drug-likeness (QED) is 0.548. The van der Waals surface area contributed by atoms with E-state index < -0.39 is 24.0 Å². The SMILES string of the molecule is COC(=O)C1=C(COC(=O)/C=C/c2ccc(O)cc2)N(C)C(=O)N[C@H]1c1ccccc1. The van der Waals surface area contributed by atoms with Crippen LogP contribution in [0, 0.1) is 0 Å². The smallest absolute Gasteiger partial charge is 0.338 e. The Kier molecular flexibility index (Phi) is 6.71. The Bertz CT molecular complexity index is 1030. The normalized spacial score (nSPS) is 16.3. The Labute approximate surface area is 179 Å². The largest absolute Gasteiger partial charge is 0.508 e. The lowest BCUT2D eigenvalue weighted by atomic mass is 9.95. The van der Waals surface area contributed by atoms with Crippen LogP contribution in [0.25, 0.3) is 6.08 Å². The number of carbonyl (C=O) groups excluding carboxylic acids is 3. The zero-order valence-electron chi connectivity index (χ0n) is 17.1. The Hall–Kier alpha value is -4.07. The van der Waals surface area contributed by atoms with Crippen LogP contribution >= 0.6 is 0 Å². The first-order valence-corrected chi connectivity index (χ1v) is 9.45. The van der Waals surface area contributed by atoms with Crippen LogP contribution in [0.3, 0.4) is 0 Å². The Morgan fingerprint density at radius 3 is 2.45 bits per heavy atom. The van der Waals surface area contributed by atoms with E-state index in [1.54, 1.807) is 36.4 Å². The van der Waals surface area contributed by atoms with Crippen molar-refractivity contribution in [2.45, 2.75) is 6.04 Å². The molecule has 0 saturated carbocycles. The zero-order valence-corrected chi connectivity index (χ0v) is 17.1. The number of carbonyl (C=O) groups is 3. The summed E-state index contributed by atoms with van der Waals surface area (Å²) in [5.74, 6) is -1.17. The van der Waals surface area contributed by atoms with Crippen LogP contribution in [0.2, 0.25) is 0 Å². The fourth-order valence-corrected chi connectivity index (χ4v) is 3.12. The van der Waals surface area contributed by atoms with Crippen molar-refractivity contribution >= 4 is 24.0 Å². The molecule has 160 valence electrons. The summed E-state index contributed by atoms with van der Waals surface area (Å²) in [6.45, 7) is -0.295. The van der Waals surface area contributed by atoms with Gasteiger partial charge in [-0.3, -0.25) is 4.90 Å². The standard InChI is InChI=1S/C23H22N2O6/c1-25-18(14-31-19(27)13-10-15-8-11-17(26)12-9-15)20(22(28)30-2)21(24-23(25)29)16-6-4-3-5-7-16/h3-13,21,26H,14H2,1-2H3,(H,24,29)/b13-10+/t21-/m0/s1. The van der Waals surface area contributed by atoms with Crippen LogP contribution in [-0.2, 0) is 19.1 Å². The highest BCUT2D eigenvalue weighted by Gasteiger charge is 2.36. The van der Waals surface area contributed by atoms with Gasteiger partial charge in [0, 0.05) is 13.1 Å². The number of hydrogen-bond acceptors (Lipinski definition) is 6. The van der Waals surface area contributed by atoms with E-state index in [0.29, 0.717) is 11.1 Å². The van der Waals surface area contributed by atoms with E-state index in [9.17, 15) is 19.5 Å². The number of nitrogens with one attached hydrogen (secondary N) is 1. The molecule has 2 amide bonds. The first kappa shape index (κ1) is 21.6. The van der Waals surface area contributed by atoms with Gasteiger partial charge < -0.3 is 19.9 Å². The fraction of sp³-hybridized carbons (Fsp3) is 0.174. The van der Waals surface area contributed by atoms with Gasteiger partial charge in [0.25, 0.3) is 0 Å². The van der Waals surface area contributed by atoms with Crippen molar-refractivity contribution in [1.82, 2.24) is 10.2 Å². The summed E-state index contributed by atoms with van der Waals surface area (Å²) in [5, 5.41) is 12.1. The number of amides is 2. The Morgan fingerprint density at radius 1 is 1.13 bits per heavy atom. The first-order valence-electron chi connectivity index (χ1n) is 9.45. The lowest BCUT2D eigenvalue weighted by molar-refractivity contribution is -0.139. The second-order valence-corrected chi connectivity index (χ2v) is 6.74. The van der Waals surface area contributed by atoms with Gasteiger partial charge in [-0.2, -0.15) is 0 Å². The van der Waals surface area contributed by atoms with Crippen LogP contribution in [0.1, 0.15) is 17.2 Å². The highest BCUT2D eigenvalue weighted by Crippen LogP contribution is 2.30. The second-order valence-electron chi connectivity index (χ2n) is 6.74. The maximum Gasteiger partial charge on any atom is 0.338 e. The molecule has 31 heavy (non-hydrogen) atoms. The number of phenols is 1. The van der Waals surface area contributed by atoms with Crippen molar-refractivity contribution in [3.8, 4) is 5.75 Å². The van der Waals surface area contributed by atoms with E-state index >= 15 is 0 Å². The van der Waals surface area contributed by atoms with Crippen molar-refractivity contribution in [1.29, 1.82) is 0 Å². The van der Waals surface area contributed by atoms with Crippen molar-refractivity contribution in [3.05, 3.63) is 83.1 Å². The zero-order chi connectivity index (χ0) is 22.4. The minimum absolute atomic E-state index is 0.119. The lowest BCUT2D eigenvalue weighted by Crippen LogP contribution is -2.47. The summed E-state index contributed by atoms with van der Waals surface area (Å²) in [6, 6.07) is 14.1. The van der Waals surface area contributed by atoms with Crippen LogP contribution in [0.4, 0.5) is 4.79 Å². The number of likely N-dealkylation sites (N-methyl/N-ethyl adjacent to an activating group) is 1. The molecular formula is C23H22N2O6. The molecular weight excluding hydrogens is 400 g/mol. The number of urea groups is 1. The topological polar surface area (TPSA) is 105 Å². The first-order chi connectivity index (χ1) is 14.9. The Balaban J connectivity index is 1.84. The molecule has 1 atom stereocenters. The van der Waals surface area contributed by atoms with Crippen molar-refractivity contribution in [2.24, 2.45) is 0 Å². The molecule has 0 aliphatic carbocycles. The number of benzene rings is 2. The summed E-state index contributed by atoms with van der Waals surface area (Å²) in [4.78, 5) is 38.5. The van der Waals surface area contributed by atoms with Crippen molar-refractivity contribution in [3.63, 3.8) is 0 Å². The van der Waals surface area contributed by atoms with Crippen LogP contribution < -0.4 is 5.32 Å². The predicted octanol–water partition coefficient (Wildman–Crippen LogP) is 2.77. The van der Waals surface area contributed by atoms with E-state index in [0.717, 1.165) is 0 Å². The maximum absolute atomic E-state index is 12.6. The average molecular weight is 422 g/mol. The number of rotatable bonds is 6. The summed E-state index contributed by atoms with van der Waals surface area (Å²) in [7, 11) is 2.73. The molecule has 2 aromatic rings. The Morgan fingerprint density at radius 2 is 1.81 bits per heavy atom. The van der Waals surface area contributed by atoms with E-state index in [1.165, 1.54) is 43.3 Å². The molecule has 0 spiro atoms. The van der Waals surface area contributed by atoms with Gasteiger partial charge in [0.05, 0.1) is 24.4 Å². The maximum atomic E-state index is 12.6. The molecule has 8 heteroatoms. The fourth-order valence-electron chi connectivity index (χ4n) is 3.12. The third-order valence-corrected chi connectivity index (χ3v) is 4.77. The van der Waals surface area contributed by atoms with Gasteiger partial charge in [0.15, 0.2) is 0 Å². The number of methoxy groups -OCH3 is 1. The van der Waals surface area contributed by atoms with Crippen molar-refractivity contribution in [2.75, 3.05) is 20.8 Å². The molecule has 0 fully saturated rings. The van der Waals surface area contributed by atoms with E-state index in [4.69, 9.17) is 9.47 Å². The number of ether oxygens (including phenoxy) is 2. The van der Waals surface area contributed by atoms with Gasteiger partial charge in [0.1, 0.15) is 12.4 Å². The van der Waals surface area contributed by atoms with Gasteiger partial charge in [-0.1, -0.05) is 42.5 Å². The molecule has 8 nitrogen and oxygen atoms in total. The van der Waals surface area contributed by atoms with Gasteiger partial charge in [-0.05, 0) is 29.3 Å². The molecule has 1 aliphatic rings. The van der Waals surface area contributed by atoms with E-state index in [-0.39, 0.29) is 23.6 Å². The van der Waals surface area contributed by atoms with Crippen LogP contribution in [0.5, 0.6) is 5.75 Å². The van der Waals surface area contributed by atoms with Gasteiger partial charge in [-0.25, -0.2) is 14.4 Å². The highest BCUT2D eigenvalue weighted by molar-refractivity contribution is 5.95. The van der Waals surface area contributed by atoms with Crippen LogP contribution in [0.15, 0.2) is 71.9 Å². The van der Waals surface area contributed by atoms with E-state index in [2.05, 4.69) is 5.32 Å². The molecule has 0 radical (unpaired) electrons. The van der Waals surface area contributed by atoms with Gasteiger partial charge >= 0.3 is 18.0 Å². The molecule has 1 aliphatic heterocycles. The predicted molar refractivity (Wildman–Crippen MR) is 113 cm³/mol. The molecule has 3 rings (SSSR count). The molecule has 2 N–H and O–H groups in total. The molecule has 1 heterocycles. The molecule has 2 aromatic carbocycles. The summed E-state index contributed by atoms with van der Waals surface area (Å²) in [5.41, 5.74) is 1.81. The molecule has 0 unspecified atom stereocenters. The highest BCUT2D eigenvalue weighted by atomic mass is 16.5.